The Morgan fingerprint density at radius 2 is 2.00 bits per heavy atom. The van der Waals surface area contributed by atoms with Gasteiger partial charge in [0, 0.05) is 12.3 Å². The van der Waals surface area contributed by atoms with Gasteiger partial charge in [0.2, 0.25) is 5.91 Å². The Labute approximate surface area is 122 Å². The maximum absolute atomic E-state index is 12.9. The fourth-order valence-electron chi connectivity index (χ4n) is 1.51. The number of halogens is 5. The first-order valence-electron chi connectivity index (χ1n) is 5.53. The molecule has 1 rings (SSSR count). The Morgan fingerprint density at radius 3 is 2.45 bits per heavy atom. The Balaban J connectivity index is 3.16. The van der Waals surface area contributed by atoms with Gasteiger partial charge in [-0.2, -0.15) is 17.7 Å². The zero-order valence-electron chi connectivity index (χ0n) is 10.3. The van der Waals surface area contributed by atoms with Crippen LogP contribution in [0.4, 0.5) is 17.6 Å². The molecule has 1 N–H and O–H groups in total. The van der Waals surface area contributed by atoms with Crippen molar-refractivity contribution in [3.05, 3.63) is 16.4 Å². The molecule has 0 aliphatic heterocycles. The zero-order valence-corrected chi connectivity index (χ0v) is 11.9. The number of amides is 1. The Hall–Kier alpha value is -0.960. The minimum absolute atomic E-state index is 0.215. The number of carbonyl (C=O) groups excluding carboxylic acids is 1. The lowest BCUT2D eigenvalue weighted by Gasteiger charge is -2.15. The lowest BCUT2D eigenvalue weighted by atomic mass is 10.3. The lowest BCUT2D eigenvalue weighted by molar-refractivity contribution is -0.124. The van der Waals surface area contributed by atoms with Crippen LogP contribution in [-0.4, -0.2) is 28.0 Å². The van der Waals surface area contributed by atoms with E-state index in [1.54, 1.807) is 0 Å². The Morgan fingerprint density at radius 1 is 1.40 bits per heavy atom. The first-order chi connectivity index (χ1) is 9.31. The number of hydrogen-bond acceptors (Lipinski definition) is 3. The van der Waals surface area contributed by atoms with Crippen LogP contribution in [0.5, 0.6) is 0 Å². The number of carbonyl (C=O) groups is 1. The van der Waals surface area contributed by atoms with E-state index >= 15 is 0 Å². The molecule has 0 bridgehead atoms. The molecule has 1 aromatic rings. The van der Waals surface area contributed by atoms with Gasteiger partial charge in [0.15, 0.2) is 0 Å². The molecular formula is C10H12ClF4N3OS. The van der Waals surface area contributed by atoms with Crippen molar-refractivity contribution in [1.29, 1.82) is 0 Å². The van der Waals surface area contributed by atoms with Gasteiger partial charge in [0.05, 0.1) is 5.02 Å². The highest BCUT2D eigenvalue weighted by molar-refractivity contribution is 7.80. The third-order valence-electron chi connectivity index (χ3n) is 2.48. The molecule has 4 nitrogen and oxygen atoms in total. The van der Waals surface area contributed by atoms with Gasteiger partial charge >= 0.3 is 0 Å². The topological polar surface area (TPSA) is 46.9 Å². The predicted octanol–water partition coefficient (Wildman–Crippen LogP) is 3.02. The van der Waals surface area contributed by atoms with Crippen LogP contribution in [0, 0.1) is 0 Å². The van der Waals surface area contributed by atoms with Crippen molar-refractivity contribution in [2.45, 2.75) is 25.8 Å². The second-order valence-electron chi connectivity index (χ2n) is 3.82. The molecule has 0 saturated carbocycles. The van der Waals surface area contributed by atoms with Crippen molar-refractivity contribution >= 4 is 30.1 Å². The highest BCUT2D eigenvalue weighted by Gasteiger charge is 2.31. The van der Waals surface area contributed by atoms with Gasteiger partial charge in [-0.1, -0.05) is 11.6 Å². The van der Waals surface area contributed by atoms with Crippen molar-refractivity contribution < 1.29 is 22.4 Å². The molecule has 10 heteroatoms. The van der Waals surface area contributed by atoms with Crippen LogP contribution in [-0.2, 0) is 4.79 Å². The van der Waals surface area contributed by atoms with Crippen molar-refractivity contribution in [2.75, 3.05) is 12.3 Å². The second-order valence-corrected chi connectivity index (χ2v) is 4.65. The van der Waals surface area contributed by atoms with Crippen LogP contribution in [0.1, 0.15) is 37.2 Å². The zero-order chi connectivity index (χ0) is 15.4. The SMILES string of the molecule is CC(C(=O)NCCS)n1nc(C(F)F)c(Cl)c1C(F)F. The molecule has 0 saturated heterocycles. The van der Waals surface area contributed by atoms with Crippen molar-refractivity contribution in [3.8, 4) is 0 Å². The predicted molar refractivity (Wildman–Crippen MR) is 68.7 cm³/mol. The molecule has 1 aromatic heterocycles. The average Bonchev–Trinajstić information content (AvgIpc) is 2.72. The molecule has 0 aliphatic rings. The summed E-state index contributed by atoms with van der Waals surface area (Å²) in [5, 5.41) is 4.92. The lowest BCUT2D eigenvalue weighted by Crippen LogP contribution is -2.33. The number of rotatable bonds is 6. The monoisotopic (exact) mass is 333 g/mol. The molecular weight excluding hydrogens is 322 g/mol. The van der Waals surface area contributed by atoms with Crippen LogP contribution in [0.15, 0.2) is 0 Å². The Bertz CT molecular complexity index is 483. The van der Waals surface area contributed by atoms with Crippen LogP contribution in [0.2, 0.25) is 5.02 Å². The van der Waals surface area contributed by atoms with E-state index in [1.807, 2.05) is 0 Å². The van der Waals surface area contributed by atoms with Crippen molar-refractivity contribution in [3.63, 3.8) is 0 Å². The first kappa shape index (κ1) is 17.1. The summed E-state index contributed by atoms with van der Waals surface area (Å²) in [6, 6.07) is -1.19. The van der Waals surface area contributed by atoms with E-state index in [4.69, 9.17) is 11.6 Å². The first-order valence-corrected chi connectivity index (χ1v) is 6.54. The number of nitrogens with zero attached hydrogens (tertiary/aromatic N) is 2. The number of hydrogen-bond donors (Lipinski definition) is 2. The van der Waals surface area contributed by atoms with Crippen LogP contribution in [0.3, 0.4) is 0 Å². The van der Waals surface area contributed by atoms with Gasteiger partial charge < -0.3 is 5.32 Å². The molecule has 0 aliphatic carbocycles. The molecule has 1 unspecified atom stereocenters. The van der Waals surface area contributed by atoms with Gasteiger partial charge in [-0.3, -0.25) is 4.79 Å². The summed E-state index contributed by atoms with van der Waals surface area (Å²) in [5.41, 5.74) is -1.86. The highest BCUT2D eigenvalue weighted by atomic mass is 35.5. The molecule has 1 heterocycles. The molecule has 114 valence electrons. The molecule has 1 atom stereocenters. The van der Waals surface area contributed by atoms with Crippen molar-refractivity contribution in [1.82, 2.24) is 15.1 Å². The van der Waals surface area contributed by atoms with Crippen LogP contribution in [0.25, 0.3) is 0 Å². The summed E-state index contributed by atoms with van der Waals surface area (Å²) in [5.74, 6) is -0.289. The smallest absolute Gasteiger partial charge is 0.283 e. The van der Waals surface area contributed by atoms with Gasteiger partial charge in [-0.05, 0) is 6.92 Å². The van der Waals surface area contributed by atoms with Crippen LogP contribution < -0.4 is 5.32 Å². The minimum Gasteiger partial charge on any atom is -0.353 e. The average molecular weight is 334 g/mol. The summed E-state index contributed by atoms with van der Waals surface area (Å²) in [6.45, 7) is 1.48. The third-order valence-corrected chi connectivity index (χ3v) is 3.09. The standard InChI is InChI=1S/C10H12ClF4N3OS/c1-4(10(19)16-2-3-20)18-7(9(14)15)5(11)6(17-18)8(12)13/h4,8-9,20H,2-3H2,1H3,(H,16,19). The van der Waals surface area contributed by atoms with Gasteiger partial charge in [0.1, 0.15) is 17.4 Å². The number of nitrogens with one attached hydrogen (secondary N) is 1. The van der Waals surface area contributed by atoms with E-state index in [-0.39, 0.29) is 6.54 Å². The number of aromatic nitrogens is 2. The van der Waals surface area contributed by atoms with E-state index in [0.29, 0.717) is 10.4 Å². The second kappa shape index (κ2) is 7.16. The maximum atomic E-state index is 12.9. The largest absolute Gasteiger partial charge is 0.353 e. The van der Waals surface area contributed by atoms with E-state index in [2.05, 4.69) is 23.0 Å². The summed E-state index contributed by atoms with van der Waals surface area (Å²) in [4.78, 5) is 11.7. The maximum Gasteiger partial charge on any atom is 0.283 e. The quantitative estimate of drug-likeness (QED) is 0.621. The summed E-state index contributed by atoms with van der Waals surface area (Å²) in [7, 11) is 0. The highest BCUT2D eigenvalue weighted by Crippen LogP contribution is 2.36. The van der Waals surface area contributed by atoms with Crippen LogP contribution >= 0.6 is 24.2 Å². The molecule has 0 aromatic carbocycles. The van der Waals surface area contributed by atoms with Gasteiger partial charge in [-0.25, -0.2) is 22.2 Å². The van der Waals surface area contributed by atoms with E-state index in [0.717, 1.165) is 0 Å². The van der Waals surface area contributed by atoms with Gasteiger partial charge in [0.25, 0.3) is 12.9 Å². The third kappa shape index (κ3) is 3.57. The van der Waals surface area contributed by atoms with E-state index < -0.39 is 41.2 Å². The van der Waals surface area contributed by atoms with E-state index in [1.165, 1.54) is 6.92 Å². The minimum atomic E-state index is -3.12. The molecule has 0 radical (unpaired) electrons. The fourth-order valence-corrected chi connectivity index (χ4v) is 1.92. The summed E-state index contributed by atoms with van der Waals surface area (Å²) >= 11 is 9.36. The fraction of sp³-hybridized carbons (Fsp3) is 0.600. The Kier molecular flexibility index (Phi) is 6.12. The molecule has 20 heavy (non-hydrogen) atoms. The normalized spacial score (nSPS) is 13.1. The summed E-state index contributed by atoms with van der Waals surface area (Å²) in [6.07, 6.45) is -6.23. The summed E-state index contributed by atoms with van der Waals surface area (Å²) < 4.78 is 51.6. The van der Waals surface area contributed by atoms with Crippen molar-refractivity contribution in [2.24, 2.45) is 0 Å². The molecule has 0 spiro atoms. The number of thiol groups is 1. The van der Waals surface area contributed by atoms with E-state index in [9.17, 15) is 22.4 Å². The molecule has 0 fully saturated rings. The molecule has 1 amide bonds. The number of alkyl halides is 4. The van der Waals surface area contributed by atoms with Gasteiger partial charge in [-0.15, -0.1) is 0 Å².